The second-order valence-corrected chi connectivity index (χ2v) is 7.78. The zero-order valence-corrected chi connectivity index (χ0v) is 15.5. The maximum atomic E-state index is 12.4. The van der Waals surface area contributed by atoms with Gasteiger partial charge in [0, 0.05) is 30.6 Å². The number of methoxy groups -OCH3 is 1. The van der Waals surface area contributed by atoms with Crippen molar-refractivity contribution < 1.29 is 9.53 Å². The van der Waals surface area contributed by atoms with Gasteiger partial charge in [0.25, 0.3) is 0 Å². The van der Waals surface area contributed by atoms with E-state index >= 15 is 0 Å². The Bertz CT molecular complexity index is 759. The fourth-order valence-corrected chi connectivity index (χ4v) is 3.17. The average molecular weight is 341 g/mol. The van der Waals surface area contributed by atoms with Crippen LogP contribution in [-0.4, -0.2) is 28.6 Å². The van der Waals surface area contributed by atoms with E-state index in [0.29, 0.717) is 6.42 Å². The number of fused-ring (bicyclic) bond motifs is 1. The van der Waals surface area contributed by atoms with Gasteiger partial charge in [-0.25, -0.2) is 4.98 Å². The first-order valence-corrected chi connectivity index (χ1v) is 8.84. The third-order valence-corrected chi connectivity index (χ3v) is 4.63. The molecule has 3 rings (SSSR count). The molecule has 0 bridgehead atoms. The van der Waals surface area contributed by atoms with E-state index < -0.39 is 0 Å². The maximum absolute atomic E-state index is 12.4. The third kappa shape index (κ3) is 4.21. The fourth-order valence-electron chi connectivity index (χ4n) is 3.17. The van der Waals surface area contributed by atoms with Crippen molar-refractivity contribution in [3.8, 4) is 5.75 Å². The number of hydrogen-bond acceptors (Lipinski definition) is 3. The smallest absolute Gasteiger partial charge is 0.224 e. The van der Waals surface area contributed by atoms with E-state index in [-0.39, 0.29) is 17.4 Å². The standard InChI is InChI=1S/C20H27N3O2/c1-20(2,3)17-13-23-12-15(8-9-18(23)22-17)21-19(24)11-14-6-5-7-16(10-14)25-4/h5-7,10,13,15H,8-9,11-12H2,1-4H3,(H,21,24)/t15-/m1/s1. The molecule has 1 atom stereocenters. The first kappa shape index (κ1) is 17.5. The molecule has 1 aliphatic heterocycles. The highest BCUT2D eigenvalue weighted by molar-refractivity contribution is 5.79. The van der Waals surface area contributed by atoms with Crippen LogP contribution in [0, 0.1) is 0 Å². The van der Waals surface area contributed by atoms with E-state index in [0.717, 1.165) is 42.2 Å². The van der Waals surface area contributed by atoms with Crippen LogP contribution in [0.25, 0.3) is 0 Å². The number of aromatic nitrogens is 2. The molecule has 2 heterocycles. The van der Waals surface area contributed by atoms with E-state index in [1.165, 1.54) is 0 Å². The highest BCUT2D eigenvalue weighted by Gasteiger charge is 2.25. The first-order valence-electron chi connectivity index (χ1n) is 8.84. The van der Waals surface area contributed by atoms with Crippen LogP contribution in [0.3, 0.4) is 0 Å². The third-order valence-electron chi connectivity index (χ3n) is 4.63. The monoisotopic (exact) mass is 341 g/mol. The van der Waals surface area contributed by atoms with Gasteiger partial charge in [-0.1, -0.05) is 32.9 Å². The molecule has 1 aromatic carbocycles. The zero-order chi connectivity index (χ0) is 18.0. The van der Waals surface area contributed by atoms with E-state index in [9.17, 15) is 4.79 Å². The van der Waals surface area contributed by atoms with Crippen molar-refractivity contribution in [2.45, 2.75) is 58.0 Å². The van der Waals surface area contributed by atoms with Gasteiger partial charge in [0.05, 0.1) is 19.2 Å². The fraction of sp³-hybridized carbons (Fsp3) is 0.500. The van der Waals surface area contributed by atoms with Gasteiger partial charge in [0.15, 0.2) is 0 Å². The Morgan fingerprint density at radius 2 is 2.20 bits per heavy atom. The van der Waals surface area contributed by atoms with Crippen LogP contribution in [-0.2, 0) is 29.6 Å². The Labute approximate surface area is 149 Å². The zero-order valence-electron chi connectivity index (χ0n) is 15.5. The van der Waals surface area contributed by atoms with Crippen molar-refractivity contribution in [1.82, 2.24) is 14.9 Å². The highest BCUT2D eigenvalue weighted by Crippen LogP contribution is 2.24. The number of benzene rings is 1. The summed E-state index contributed by atoms with van der Waals surface area (Å²) in [6.45, 7) is 7.32. The molecule has 0 fully saturated rings. The van der Waals surface area contributed by atoms with Gasteiger partial charge >= 0.3 is 0 Å². The number of nitrogens with one attached hydrogen (secondary N) is 1. The lowest BCUT2D eigenvalue weighted by atomic mass is 9.93. The van der Waals surface area contributed by atoms with Crippen LogP contribution < -0.4 is 10.1 Å². The SMILES string of the molecule is COc1cccc(CC(=O)N[C@@H]2CCc3nc(C(C)(C)C)cn3C2)c1. The van der Waals surface area contributed by atoms with Crippen LogP contribution >= 0.6 is 0 Å². The van der Waals surface area contributed by atoms with Crippen molar-refractivity contribution in [1.29, 1.82) is 0 Å². The van der Waals surface area contributed by atoms with E-state index in [2.05, 4.69) is 36.9 Å². The molecule has 1 aliphatic rings. The summed E-state index contributed by atoms with van der Waals surface area (Å²) in [5.41, 5.74) is 2.13. The molecular formula is C20H27N3O2. The predicted octanol–water partition coefficient (Wildman–Crippen LogP) is 2.86. The van der Waals surface area contributed by atoms with Crippen molar-refractivity contribution in [3.63, 3.8) is 0 Å². The minimum atomic E-state index is 0.0510. The summed E-state index contributed by atoms with van der Waals surface area (Å²) < 4.78 is 7.41. The van der Waals surface area contributed by atoms with Crippen LogP contribution in [0.2, 0.25) is 0 Å². The van der Waals surface area contributed by atoms with Gasteiger partial charge in [0.1, 0.15) is 11.6 Å². The minimum absolute atomic E-state index is 0.0510. The number of nitrogens with zero attached hydrogens (tertiary/aromatic N) is 2. The second-order valence-electron chi connectivity index (χ2n) is 7.78. The predicted molar refractivity (Wildman–Crippen MR) is 97.9 cm³/mol. The van der Waals surface area contributed by atoms with Gasteiger partial charge < -0.3 is 14.6 Å². The summed E-state index contributed by atoms with van der Waals surface area (Å²) in [5.74, 6) is 1.96. The van der Waals surface area contributed by atoms with Gasteiger partial charge in [-0.3, -0.25) is 4.79 Å². The molecule has 0 saturated heterocycles. The first-order chi connectivity index (χ1) is 11.8. The summed E-state index contributed by atoms with van der Waals surface area (Å²) in [4.78, 5) is 17.1. The van der Waals surface area contributed by atoms with Crippen molar-refractivity contribution in [2.24, 2.45) is 0 Å². The number of carbonyl (C=O) groups excluding carboxylic acids is 1. The molecule has 1 aromatic heterocycles. The molecule has 0 unspecified atom stereocenters. The molecule has 0 saturated carbocycles. The van der Waals surface area contributed by atoms with E-state index in [1.807, 2.05) is 24.3 Å². The molecule has 1 N–H and O–H groups in total. The van der Waals surface area contributed by atoms with E-state index in [4.69, 9.17) is 9.72 Å². The maximum Gasteiger partial charge on any atom is 0.224 e. The molecule has 0 aliphatic carbocycles. The average Bonchev–Trinajstić information content (AvgIpc) is 2.98. The summed E-state index contributed by atoms with van der Waals surface area (Å²) in [6, 6.07) is 7.81. The van der Waals surface area contributed by atoms with E-state index in [1.54, 1.807) is 7.11 Å². The lowest BCUT2D eigenvalue weighted by molar-refractivity contribution is -0.121. The minimum Gasteiger partial charge on any atom is -0.497 e. The lowest BCUT2D eigenvalue weighted by Crippen LogP contribution is -2.41. The van der Waals surface area contributed by atoms with Crippen molar-refractivity contribution in [3.05, 3.63) is 47.5 Å². The number of hydrogen-bond donors (Lipinski definition) is 1. The Balaban J connectivity index is 1.60. The number of imidazole rings is 1. The summed E-state index contributed by atoms with van der Waals surface area (Å²) in [6.07, 6.45) is 4.35. The molecule has 134 valence electrons. The molecule has 0 radical (unpaired) electrons. The largest absolute Gasteiger partial charge is 0.497 e. The molecule has 0 spiro atoms. The lowest BCUT2D eigenvalue weighted by Gasteiger charge is -2.24. The highest BCUT2D eigenvalue weighted by atomic mass is 16.5. The van der Waals surface area contributed by atoms with Crippen LogP contribution in [0.15, 0.2) is 30.5 Å². The van der Waals surface area contributed by atoms with Gasteiger partial charge in [-0.2, -0.15) is 0 Å². The Kier molecular flexibility index (Phi) is 4.84. The molecule has 5 heteroatoms. The quantitative estimate of drug-likeness (QED) is 0.930. The molecule has 1 amide bonds. The van der Waals surface area contributed by atoms with Crippen molar-refractivity contribution in [2.75, 3.05) is 7.11 Å². The molecule has 5 nitrogen and oxygen atoms in total. The number of amides is 1. The van der Waals surface area contributed by atoms with Gasteiger partial charge in [-0.15, -0.1) is 0 Å². The summed E-state index contributed by atoms with van der Waals surface area (Å²) >= 11 is 0. The van der Waals surface area contributed by atoms with Crippen LogP contribution in [0.1, 0.15) is 44.3 Å². The number of carbonyl (C=O) groups is 1. The normalized spacial score (nSPS) is 17.0. The summed E-state index contributed by atoms with van der Waals surface area (Å²) in [5, 5.41) is 3.17. The number of aryl methyl sites for hydroxylation is 1. The Morgan fingerprint density at radius 1 is 1.40 bits per heavy atom. The van der Waals surface area contributed by atoms with Crippen molar-refractivity contribution >= 4 is 5.91 Å². The number of rotatable bonds is 4. The molecule has 25 heavy (non-hydrogen) atoms. The van der Waals surface area contributed by atoms with Crippen LogP contribution in [0.5, 0.6) is 5.75 Å². The van der Waals surface area contributed by atoms with Gasteiger partial charge in [0.2, 0.25) is 5.91 Å². The topological polar surface area (TPSA) is 56.1 Å². The van der Waals surface area contributed by atoms with Crippen LogP contribution in [0.4, 0.5) is 0 Å². The Morgan fingerprint density at radius 3 is 2.92 bits per heavy atom. The Hall–Kier alpha value is -2.30. The summed E-state index contributed by atoms with van der Waals surface area (Å²) in [7, 11) is 1.63. The molecule has 2 aromatic rings. The van der Waals surface area contributed by atoms with Gasteiger partial charge in [-0.05, 0) is 24.1 Å². The number of ether oxygens (including phenoxy) is 1. The molecular weight excluding hydrogens is 314 g/mol. The second kappa shape index (κ2) is 6.90.